The van der Waals surface area contributed by atoms with Crippen molar-refractivity contribution < 1.29 is 14.2 Å². The van der Waals surface area contributed by atoms with Crippen molar-refractivity contribution in [2.24, 2.45) is 0 Å². The molecule has 0 aliphatic carbocycles. The SMILES string of the molecule is COc1cc(CN2CCCC[C@H]2c2cc(=O)[nH]c(-c3ccncc3)n2)cc(OC)c1OC. The Morgan fingerprint density at radius 3 is 2.41 bits per heavy atom. The van der Waals surface area contributed by atoms with Gasteiger partial charge in [0, 0.05) is 30.6 Å². The quantitative estimate of drug-likeness (QED) is 0.605. The van der Waals surface area contributed by atoms with Crippen LogP contribution in [0.3, 0.4) is 0 Å². The van der Waals surface area contributed by atoms with Crippen LogP contribution in [0.4, 0.5) is 0 Å². The maximum atomic E-state index is 12.5. The normalized spacial score (nSPS) is 16.5. The first-order valence-electron chi connectivity index (χ1n) is 10.7. The highest BCUT2D eigenvalue weighted by molar-refractivity contribution is 5.54. The molecule has 8 nitrogen and oxygen atoms in total. The number of ether oxygens (including phenoxy) is 3. The molecule has 1 N–H and O–H groups in total. The van der Waals surface area contributed by atoms with Gasteiger partial charge in [-0.2, -0.15) is 0 Å². The number of methoxy groups -OCH3 is 3. The smallest absolute Gasteiger partial charge is 0.251 e. The highest BCUT2D eigenvalue weighted by atomic mass is 16.5. The largest absolute Gasteiger partial charge is 0.493 e. The first-order valence-corrected chi connectivity index (χ1v) is 10.7. The van der Waals surface area contributed by atoms with Gasteiger partial charge in [0.15, 0.2) is 11.5 Å². The highest BCUT2D eigenvalue weighted by Crippen LogP contribution is 2.39. The van der Waals surface area contributed by atoms with Crippen molar-refractivity contribution in [3.05, 3.63) is 64.3 Å². The van der Waals surface area contributed by atoms with E-state index < -0.39 is 0 Å². The van der Waals surface area contributed by atoms with Crippen LogP contribution in [0.25, 0.3) is 11.4 Å². The number of pyridine rings is 1. The molecule has 0 bridgehead atoms. The van der Waals surface area contributed by atoms with Crippen LogP contribution in [0, 0.1) is 0 Å². The van der Waals surface area contributed by atoms with E-state index in [2.05, 4.69) is 14.9 Å². The summed E-state index contributed by atoms with van der Waals surface area (Å²) in [5, 5.41) is 0. The van der Waals surface area contributed by atoms with E-state index in [1.807, 2.05) is 24.3 Å². The Labute approximate surface area is 187 Å². The minimum Gasteiger partial charge on any atom is -0.493 e. The third kappa shape index (κ3) is 4.60. The molecular formula is C24H28N4O4. The van der Waals surface area contributed by atoms with Crippen LogP contribution in [0.2, 0.25) is 0 Å². The zero-order chi connectivity index (χ0) is 22.5. The maximum absolute atomic E-state index is 12.5. The molecular weight excluding hydrogens is 408 g/mol. The van der Waals surface area contributed by atoms with Crippen molar-refractivity contribution in [2.75, 3.05) is 27.9 Å². The second kappa shape index (κ2) is 9.82. The zero-order valence-electron chi connectivity index (χ0n) is 18.6. The Balaban J connectivity index is 1.66. The average molecular weight is 437 g/mol. The van der Waals surface area contributed by atoms with E-state index in [9.17, 15) is 4.79 Å². The standard InChI is InChI=1S/C24H28N4O4/c1-30-20-12-16(13-21(31-2)23(20)32-3)15-28-11-5-4-6-19(28)18-14-22(29)27-24(26-18)17-7-9-25-10-8-17/h7-10,12-14,19H,4-6,11,15H2,1-3H3,(H,26,27,29)/t19-/m0/s1. The molecule has 0 radical (unpaired) electrons. The maximum Gasteiger partial charge on any atom is 0.251 e. The number of hydrogen-bond donors (Lipinski definition) is 1. The number of likely N-dealkylation sites (tertiary alicyclic amines) is 1. The lowest BCUT2D eigenvalue weighted by atomic mass is 9.98. The summed E-state index contributed by atoms with van der Waals surface area (Å²) < 4.78 is 16.5. The van der Waals surface area contributed by atoms with Crippen molar-refractivity contribution in [1.29, 1.82) is 0 Å². The van der Waals surface area contributed by atoms with Gasteiger partial charge in [-0.15, -0.1) is 0 Å². The Morgan fingerprint density at radius 2 is 1.75 bits per heavy atom. The Kier molecular flexibility index (Phi) is 6.70. The minimum absolute atomic E-state index is 0.0470. The molecule has 4 rings (SSSR count). The molecule has 3 aromatic rings. The Bertz CT molecular complexity index is 1090. The summed E-state index contributed by atoms with van der Waals surface area (Å²) in [5.74, 6) is 2.40. The fourth-order valence-electron chi connectivity index (χ4n) is 4.27. The van der Waals surface area contributed by atoms with Crippen LogP contribution in [0.5, 0.6) is 17.2 Å². The first kappa shape index (κ1) is 21.8. The second-order valence-corrected chi connectivity index (χ2v) is 7.77. The summed E-state index contributed by atoms with van der Waals surface area (Å²) in [6.45, 7) is 1.60. The highest BCUT2D eigenvalue weighted by Gasteiger charge is 2.27. The lowest BCUT2D eigenvalue weighted by Gasteiger charge is -2.35. The number of benzene rings is 1. The minimum atomic E-state index is -0.153. The van der Waals surface area contributed by atoms with Crippen LogP contribution in [0.15, 0.2) is 47.5 Å². The van der Waals surface area contributed by atoms with Crippen LogP contribution in [-0.2, 0) is 6.54 Å². The Hall–Kier alpha value is -3.39. The molecule has 1 fully saturated rings. The van der Waals surface area contributed by atoms with E-state index >= 15 is 0 Å². The fourth-order valence-corrected chi connectivity index (χ4v) is 4.27. The van der Waals surface area contributed by atoms with Crippen LogP contribution < -0.4 is 19.8 Å². The molecule has 1 aliphatic rings. The van der Waals surface area contributed by atoms with Crippen molar-refractivity contribution in [2.45, 2.75) is 31.8 Å². The summed E-state index contributed by atoms with van der Waals surface area (Å²) in [6.07, 6.45) is 6.52. The van der Waals surface area contributed by atoms with Gasteiger partial charge in [-0.1, -0.05) is 6.42 Å². The predicted molar refractivity (Wildman–Crippen MR) is 121 cm³/mol. The van der Waals surface area contributed by atoms with Gasteiger partial charge in [0.05, 0.1) is 33.1 Å². The molecule has 1 atom stereocenters. The van der Waals surface area contributed by atoms with E-state index in [1.54, 1.807) is 39.8 Å². The van der Waals surface area contributed by atoms with Crippen molar-refractivity contribution in [3.8, 4) is 28.6 Å². The monoisotopic (exact) mass is 436 g/mol. The van der Waals surface area contributed by atoms with E-state index in [4.69, 9.17) is 19.2 Å². The molecule has 0 saturated carbocycles. The number of aromatic nitrogens is 3. The molecule has 0 spiro atoms. The number of nitrogens with one attached hydrogen (secondary N) is 1. The van der Waals surface area contributed by atoms with Gasteiger partial charge in [0.2, 0.25) is 5.75 Å². The topological polar surface area (TPSA) is 89.6 Å². The van der Waals surface area contributed by atoms with E-state index in [0.29, 0.717) is 29.6 Å². The third-order valence-corrected chi connectivity index (χ3v) is 5.78. The second-order valence-electron chi connectivity index (χ2n) is 7.77. The molecule has 1 aromatic carbocycles. The van der Waals surface area contributed by atoms with Gasteiger partial charge >= 0.3 is 0 Å². The molecule has 0 amide bonds. The van der Waals surface area contributed by atoms with Gasteiger partial charge in [-0.3, -0.25) is 14.7 Å². The summed E-state index contributed by atoms with van der Waals surface area (Å²) in [7, 11) is 4.83. The van der Waals surface area contributed by atoms with Crippen molar-refractivity contribution in [3.63, 3.8) is 0 Å². The van der Waals surface area contributed by atoms with Gasteiger partial charge in [0.1, 0.15) is 5.82 Å². The van der Waals surface area contributed by atoms with E-state index in [1.165, 1.54) is 0 Å². The van der Waals surface area contributed by atoms with Crippen LogP contribution in [0.1, 0.15) is 36.6 Å². The average Bonchev–Trinajstić information content (AvgIpc) is 2.83. The van der Waals surface area contributed by atoms with E-state index in [-0.39, 0.29) is 11.6 Å². The number of piperidine rings is 1. The zero-order valence-corrected chi connectivity index (χ0v) is 18.6. The van der Waals surface area contributed by atoms with Crippen LogP contribution in [-0.4, -0.2) is 47.7 Å². The summed E-state index contributed by atoms with van der Waals surface area (Å²) in [5.41, 5.74) is 2.52. The Morgan fingerprint density at radius 1 is 1.03 bits per heavy atom. The molecule has 168 valence electrons. The third-order valence-electron chi connectivity index (χ3n) is 5.78. The molecule has 1 aliphatic heterocycles. The number of rotatable bonds is 7. The van der Waals surface area contributed by atoms with Crippen molar-refractivity contribution in [1.82, 2.24) is 19.9 Å². The molecule has 8 heteroatoms. The number of aromatic amines is 1. The van der Waals surface area contributed by atoms with Gasteiger partial charge in [-0.05, 0) is 49.2 Å². The van der Waals surface area contributed by atoms with Gasteiger partial charge in [-0.25, -0.2) is 4.98 Å². The predicted octanol–water partition coefficient (Wildman–Crippen LogP) is 3.58. The van der Waals surface area contributed by atoms with Gasteiger partial charge in [0.25, 0.3) is 5.56 Å². The molecule has 32 heavy (non-hydrogen) atoms. The van der Waals surface area contributed by atoms with Crippen molar-refractivity contribution >= 4 is 0 Å². The summed E-state index contributed by atoms with van der Waals surface area (Å²) in [6, 6.07) is 9.29. The number of hydrogen-bond acceptors (Lipinski definition) is 7. The lowest BCUT2D eigenvalue weighted by Crippen LogP contribution is -2.34. The molecule has 3 heterocycles. The van der Waals surface area contributed by atoms with E-state index in [0.717, 1.165) is 42.6 Å². The molecule has 0 unspecified atom stereocenters. The molecule has 1 saturated heterocycles. The summed E-state index contributed by atoms with van der Waals surface area (Å²) >= 11 is 0. The summed E-state index contributed by atoms with van der Waals surface area (Å²) in [4.78, 5) is 26.5. The fraction of sp³-hybridized carbons (Fsp3) is 0.375. The first-order chi connectivity index (χ1) is 15.6. The molecule has 2 aromatic heterocycles. The van der Waals surface area contributed by atoms with Gasteiger partial charge < -0.3 is 19.2 Å². The lowest BCUT2D eigenvalue weighted by molar-refractivity contribution is 0.137. The van der Waals surface area contributed by atoms with Crippen LogP contribution >= 0.6 is 0 Å². The number of H-pyrrole nitrogens is 1. The number of nitrogens with zero attached hydrogens (tertiary/aromatic N) is 3.